The van der Waals surface area contributed by atoms with Crippen LogP contribution in [0.3, 0.4) is 0 Å². The molecule has 0 unspecified atom stereocenters. The Morgan fingerprint density at radius 2 is 1.75 bits per heavy atom. The molecule has 0 spiro atoms. The summed E-state index contributed by atoms with van der Waals surface area (Å²) in [5, 5.41) is 0. The highest BCUT2D eigenvalue weighted by Gasteiger charge is 2.15. The van der Waals surface area contributed by atoms with E-state index in [1.807, 2.05) is 0 Å². The normalized spacial score (nSPS) is 11.6. The zero-order chi connectivity index (χ0) is 11.4. The lowest BCUT2D eigenvalue weighted by molar-refractivity contribution is 0.351. The van der Waals surface area contributed by atoms with Gasteiger partial charge in [-0.15, -0.1) is 12.4 Å². The van der Waals surface area contributed by atoms with Gasteiger partial charge in [0, 0.05) is 24.2 Å². The number of benzene rings is 1. The molecule has 0 aliphatic heterocycles. The number of rotatable bonds is 4. The van der Waals surface area contributed by atoms with Gasteiger partial charge in [0.25, 0.3) is 0 Å². The molecule has 92 valence electrons. The molecule has 0 amide bonds. The molecule has 0 radical (unpaired) electrons. The molecule has 1 rings (SSSR count). The summed E-state index contributed by atoms with van der Waals surface area (Å²) in [4.78, 5) is 0. The van der Waals surface area contributed by atoms with Gasteiger partial charge in [0.15, 0.2) is 11.5 Å². The molecule has 0 bridgehead atoms. The van der Waals surface area contributed by atoms with Crippen LogP contribution in [0, 0.1) is 5.82 Å². The second kappa shape index (κ2) is 6.52. The number of hydrogen-bond acceptors (Lipinski definition) is 4. The fourth-order valence-electron chi connectivity index (χ4n) is 1.28. The third kappa shape index (κ3) is 2.98. The zero-order valence-electron chi connectivity index (χ0n) is 9.20. The fourth-order valence-corrected chi connectivity index (χ4v) is 1.28. The first-order chi connectivity index (χ1) is 7.13. The number of methoxy groups -OCH3 is 2. The van der Waals surface area contributed by atoms with E-state index in [0.29, 0.717) is 17.1 Å². The molecule has 0 aliphatic rings. The monoisotopic (exact) mass is 250 g/mol. The average molecular weight is 251 g/mol. The van der Waals surface area contributed by atoms with Gasteiger partial charge in [-0.1, -0.05) is 0 Å². The number of ether oxygens (including phenoxy) is 2. The lowest BCUT2D eigenvalue weighted by atomic mass is 10.1. The lowest BCUT2D eigenvalue weighted by Gasteiger charge is -2.14. The molecule has 1 atom stereocenters. The molecular weight excluding hydrogens is 235 g/mol. The Morgan fingerprint density at radius 1 is 1.25 bits per heavy atom. The molecule has 4 nitrogen and oxygen atoms in total. The topological polar surface area (TPSA) is 70.5 Å². The molecule has 4 N–H and O–H groups in total. The van der Waals surface area contributed by atoms with Crippen LogP contribution in [0.4, 0.5) is 4.39 Å². The molecule has 16 heavy (non-hydrogen) atoms. The Balaban J connectivity index is 0.00000225. The fraction of sp³-hybridized carbons (Fsp3) is 0.400. The summed E-state index contributed by atoms with van der Waals surface area (Å²) in [5.41, 5.74) is 11.3. The first kappa shape index (κ1) is 15.0. The van der Waals surface area contributed by atoms with Gasteiger partial charge in [-0.3, -0.25) is 0 Å². The average Bonchev–Trinajstić information content (AvgIpc) is 2.27. The first-order valence-electron chi connectivity index (χ1n) is 4.51. The largest absolute Gasteiger partial charge is 0.493 e. The smallest absolute Gasteiger partial charge is 0.163 e. The van der Waals surface area contributed by atoms with E-state index in [-0.39, 0.29) is 19.0 Å². The molecule has 0 saturated heterocycles. The Morgan fingerprint density at radius 3 is 2.19 bits per heavy atom. The quantitative estimate of drug-likeness (QED) is 0.843. The van der Waals surface area contributed by atoms with Gasteiger partial charge in [-0.2, -0.15) is 0 Å². The predicted molar refractivity (Wildman–Crippen MR) is 62.7 cm³/mol. The van der Waals surface area contributed by atoms with Crippen molar-refractivity contribution in [1.82, 2.24) is 0 Å². The summed E-state index contributed by atoms with van der Waals surface area (Å²) in [6, 6.07) is 2.21. The van der Waals surface area contributed by atoms with Crippen LogP contribution < -0.4 is 20.9 Å². The van der Waals surface area contributed by atoms with E-state index in [2.05, 4.69) is 0 Å². The van der Waals surface area contributed by atoms with E-state index in [1.165, 1.54) is 26.4 Å². The molecule has 0 aliphatic carbocycles. The maximum Gasteiger partial charge on any atom is 0.163 e. The molecule has 0 aromatic heterocycles. The lowest BCUT2D eigenvalue weighted by Crippen LogP contribution is -2.22. The van der Waals surface area contributed by atoms with Crippen LogP contribution in [-0.2, 0) is 0 Å². The van der Waals surface area contributed by atoms with Crippen molar-refractivity contribution < 1.29 is 13.9 Å². The van der Waals surface area contributed by atoms with E-state index < -0.39 is 11.9 Å². The summed E-state index contributed by atoms with van der Waals surface area (Å²) >= 11 is 0. The van der Waals surface area contributed by atoms with E-state index in [4.69, 9.17) is 20.9 Å². The van der Waals surface area contributed by atoms with Crippen molar-refractivity contribution in [1.29, 1.82) is 0 Å². The number of halogens is 2. The zero-order valence-corrected chi connectivity index (χ0v) is 10.0. The van der Waals surface area contributed by atoms with Crippen LogP contribution in [-0.4, -0.2) is 20.8 Å². The third-order valence-electron chi connectivity index (χ3n) is 2.16. The summed E-state index contributed by atoms with van der Waals surface area (Å²) in [6.07, 6.45) is 0. The summed E-state index contributed by atoms with van der Waals surface area (Å²) in [7, 11) is 2.92. The van der Waals surface area contributed by atoms with Crippen molar-refractivity contribution in [3.05, 3.63) is 23.5 Å². The predicted octanol–water partition coefficient (Wildman–Crippen LogP) is 1.22. The van der Waals surface area contributed by atoms with Crippen molar-refractivity contribution in [3.63, 3.8) is 0 Å². The molecular formula is C10H16ClFN2O2. The van der Waals surface area contributed by atoms with E-state index in [1.54, 1.807) is 0 Å². The maximum absolute atomic E-state index is 13.5. The highest BCUT2D eigenvalue weighted by molar-refractivity contribution is 5.85. The summed E-state index contributed by atoms with van der Waals surface area (Å²) in [6.45, 7) is 0.173. The molecule has 1 aromatic carbocycles. The van der Waals surface area contributed by atoms with Crippen molar-refractivity contribution in [2.75, 3.05) is 20.8 Å². The highest BCUT2D eigenvalue weighted by atomic mass is 35.5. The second-order valence-corrected chi connectivity index (χ2v) is 3.07. The van der Waals surface area contributed by atoms with E-state index >= 15 is 0 Å². The van der Waals surface area contributed by atoms with Gasteiger partial charge in [0.05, 0.1) is 14.2 Å². The van der Waals surface area contributed by atoms with Gasteiger partial charge in [0.2, 0.25) is 0 Å². The second-order valence-electron chi connectivity index (χ2n) is 3.07. The number of hydrogen-bond donors (Lipinski definition) is 2. The highest BCUT2D eigenvalue weighted by Crippen LogP contribution is 2.31. The van der Waals surface area contributed by atoms with Gasteiger partial charge in [-0.05, 0) is 6.07 Å². The van der Waals surface area contributed by atoms with Crippen LogP contribution in [0.2, 0.25) is 0 Å². The van der Waals surface area contributed by atoms with Crippen molar-refractivity contribution >= 4 is 12.4 Å². The van der Waals surface area contributed by atoms with Crippen molar-refractivity contribution in [2.45, 2.75) is 6.04 Å². The molecule has 6 heteroatoms. The number of nitrogens with two attached hydrogens (primary N) is 2. The Hall–Kier alpha value is -1.04. The third-order valence-corrected chi connectivity index (χ3v) is 2.16. The van der Waals surface area contributed by atoms with Gasteiger partial charge in [-0.25, -0.2) is 4.39 Å². The van der Waals surface area contributed by atoms with Crippen molar-refractivity contribution in [3.8, 4) is 11.5 Å². The SMILES string of the molecule is COc1cc(F)c([C@@H](N)CN)cc1OC.Cl. The minimum atomic E-state index is -0.537. The van der Waals surface area contributed by atoms with Gasteiger partial charge < -0.3 is 20.9 Å². The van der Waals surface area contributed by atoms with Crippen molar-refractivity contribution in [2.24, 2.45) is 11.5 Å². The molecule has 1 aromatic rings. The van der Waals surface area contributed by atoms with Gasteiger partial charge >= 0.3 is 0 Å². The Labute approximate surface area is 100 Å². The Kier molecular flexibility index (Phi) is 6.10. The summed E-state index contributed by atoms with van der Waals surface area (Å²) in [5.74, 6) is 0.339. The maximum atomic E-state index is 13.5. The molecule has 0 saturated carbocycles. The molecule has 0 fully saturated rings. The van der Waals surface area contributed by atoms with Crippen LogP contribution >= 0.6 is 12.4 Å². The van der Waals surface area contributed by atoms with Crippen LogP contribution in [0.1, 0.15) is 11.6 Å². The standard InChI is InChI=1S/C10H15FN2O2.ClH/c1-14-9-3-6(8(13)5-12)7(11)4-10(9)15-2;/h3-4,8H,5,12-13H2,1-2H3;1H/t8-;/m0./s1. The summed E-state index contributed by atoms with van der Waals surface area (Å²) < 4.78 is 23.5. The minimum Gasteiger partial charge on any atom is -0.493 e. The minimum absolute atomic E-state index is 0. The van der Waals surface area contributed by atoms with Gasteiger partial charge in [0.1, 0.15) is 5.82 Å². The Bertz CT molecular complexity index is 350. The van der Waals surface area contributed by atoms with E-state index in [9.17, 15) is 4.39 Å². The molecule has 0 heterocycles. The first-order valence-corrected chi connectivity index (χ1v) is 4.51. The van der Waals surface area contributed by atoms with E-state index in [0.717, 1.165) is 0 Å². The van der Waals surface area contributed by atoms with Crippen LogP contribution in [0.5, 0.6) is 11.5 Å². The van der Waals surface area contributed by atoms with Crippen LogP contribution in [0.25, 0.3) is 0 Å². The van der Waals surface area contributed by atoms with Crippen LogP contribution in [0.15, 0.2) is 12.1 Å².